The van der Waals surface area contributed by atoms with Gasteiger partial charge in [-0.25, -0.2) is 9.67 Å². The van der Waals surface area contributed by atoms with Gasteiger partial charge in [-0.15, -0.1) is 24.0 Å². The molecule has 8 heteroatoms. The van der Waals surface area contributed by atoms with Crippen LogP contribution in [0.4, 0.5) is 0 Å². The molecule has 0 saturated heterocycles. The first-order valence-electron chi connectivity index (χ1n) is 10.1. The van der Waals surface area contributed by atoms with Crippen molar-refractivity contribution < 1.29 is 4.52 Å². The average Bonchev–Trinajstić information content (AvgIpc) is 3.30. The number of halogens is 1. The van der Waals surface area contributed by atoms with E-state index in [2.05, 4.69) is 59.9 Å². The summed E-state index contributed by atoms with van der Waals surface area (Å²) >= 11 is 0. The van der Waals surface area contributed by atoms with Crippen LogP contribution in [0.25, 0.3) is 5.69 Å². The van der Waals surface area contributed by atoms with Crippen molar-refractivity contribution in [3.05, 3.63) is 64.8 Å². The van der Waals surface area contributed by atoms with E-state index >= 15 is 0 Å². The van der Waals surface area contributed by atoms with Gasteiger partial charge in [0.25, 0.3) is 0 Å². The Morgan fingerprint density at radius 3 is 2.57 bits per heavy atom. The molecule has 3 rings (SSSR count). The minimum atomic E-state index is 0. The first kappa shape index (κ1) is 23.9. The molecule has 0 fully saturated rings. The molecular formula is C22H31IN6O. The van der Waals surface area contributed by atoms with Gasteiger partial charge in [0.05, 0.1) is 30.2 Å². The van der Waals surface area contributed by atoms with Crippen LogP contribution in [0.2, 0.25) is 0 Å². The lowest BCUT2D eigenvalue weighted by atomic mass is 10.1. The molecule has 3 aromatic rings. The Morgan fingerprint density at radius 1 is 1.17 bits per heavy atom. The molecule has 2 N–H and O–H groups in total. The van der Waals surface area contributed by atoms with Gasteiger partial charge >= 0.3 is 0 Å². The lowest BCUT2D eigenvalue weighted by Gasteiger charge is -2.12. The zero-order chi connectivity index (χ0) is 20.8. The summed E-state index contributed by atoms with van der Waals surface area (Å²) in [6.45, 7) is 12.2. The fourth-order valence-electron chi connectivity index (χ4n) is 3.09. The highest BCUT2D eigenvalue weighted by atomic mass is 127. The summed E-state index contributed by atoms with van der Waals surface area (Å²) in [4.78, 5) is 4.75. The summed E-state index contributed by atoms with van der Waals surface area (Å²) < 4.78 is 7.38. The standard InChI is InChI=1S/C22H30N6O.HI/c1-6-23-22(25-14-19-12-20(15(2)3)27-29-19)24-13-18-9-7-8-10-21(18)28-17(5)11-16(4)26-28;/h7-12,15H,6,13-14H2,1-5H3,(H2,23,24,25);1H. The summed E-state index contributed by atoms with van der Waals surface area (Å²) in [6, 6.07) is 12.3. The highest BCUT2D eigenvalue weighted by molar-refractivity contribution is 14.0. The van der Waals surface area contributed by atoms with Gasteiger partial charge < -0.3 is 15.2 Å². The van der Waals surface area contributed by atoms with E-state index in [9.17, 15) is 0 Å². The maximum Gasteiger partial charge on any atom is 0.191 e. The van der Waals surface area contributed by atoms with Crippen molar-refractivity contribution in [3.63, 3.8) is 0 Å². The number of aliphatic imine (C=N–C) groups is 1. The maximum absolute atomic E-state index is 5.40. The Hall–Kier alpha value is -2.36. The maximum atomic E-state index is 5.40. The minimum absolute atomic E-state index is 0. The molecule has 1 aromatic carbocycles. The number of guanidine groups is 1. The van der Waals surface area contributed by atoms with Gasteiger partial charge in [0.15, 0.2) is 11.7 Å². The van der Waals surface area contributed by atoms with Gasteiger partial charge in [-0.1, -0.05) is 37.2 Å². The number of nitrogens with one attached hydrogen (secondary N) is 2. The van der Waals surface area contributed by atoms with Crippen molar-refractivity contribution in [2.75, 3.05) is 6.54 Å². The molecule has 0 atom stereocenters. The molecule has 0 unspecified atom stereocenters. The molecule has 162 valence electrons. The molecule has 0 aliphatic heterocycles. The zero-order valence-electron chi connectivity index (χ0n) is 18.3. The summed E-state index contributed by atoms with van der Waals surface area (Å²) in [5.74, 6) is 1.88. The third kappa shape index (κ3) is 6.07. The fraction of sp³-hybridized carbons (Fsp3) is 0.409. The molecule has 0 spiro atoms. The van der Waals surface area contributed by atoms with Crippen LogP contribution in [0, 0.1) is 13.8 Å². The molecule has 2 aromatic heterocycles. The van der Waals surface area contributed by atoms with E-state index in [1.165, 1.54) is 0 Å². The van der Waals surface area contributed by atoms with Crippen LogP contribution in [0.1, 0.15) is 55.1 Å². The van der Waals surface area contributed by atoms with Crippen molar-refractivity contribution in [1.82, 2.24) is 25.6 Å². The van der Waals surface area contributed by atoms with E-state index in [0.717, 1.165) is 46.6 Å². The lowest BCUT2D eigenvalue weighted by Crippen LogP contribution is -2.36. The molecule has 7 nitrogen and oxygen atoms in total. The molecule has 0 aliphatic carbocycles. The fourth-order valence-corrected chi connectivity index (χ4v) is 3.09. The van der Waals surface area contributed by atoms with Crippen LogP contribution in [0.5, 0.6) is 0 Å². The van der Waals surface area contributed by atoms with E-state index in [1.54, 1.807) is 0 Å². The van der Waals surface area contributed by atoms with Crippen LogP contribution >= 0.6 is 24.0 Å². The van der Waals surface area contributed by atoms with E-state index in [-0.39, 0.29) is 24.0 Å². The summed E-state index contributed by atoms with van der Waals surface area (Å²) in [5, 5.41) is 15.3. The largest absolute Gasteiger partial charge is 0.359 e. The van der Waals surface area contributed by atoms with Crippen molar-refractivity contribution in [1.29, 1.82) is 0 Å². The highest BCUT2D eigenvalue weighted by Crippen LogP contribution is 2.18. The van der Waals surface area contributed by atoms with Gasteiger partial charge in [0, 0.05) is 18.3 Å². The Morgan fingerprint density at radius 2 is 1.93 bits per heavy atom. The number of benzene rings is 1. The molecule has 0 radical (unpaired) electrons. The first-order chi connectivity index (χ1) is 14.0. The molecule has 30 heavy (non-hydrogen) atoms. The molecule has 0 aliphatic rings. The Balaban J connectivity index is 0.00000320. The van der Waals surface area contributed by atoms with Gasteiger partial charge in [-0.2, -0.15) is 5.10 Å². The number of aryl methyl sites for hydroxylation is 2. The third-order valence-corrected chi connectivity index (χ3v) is 4.58. The molecule has 0 saturated carbocycles. The molecule has 2 heterocycles. The van der Waals surface area contributed by atoms with Crippen LogP contribution in [0.15, 0.2) is 45.9 Å². The summed E-state index contributed by atoms with van der Waals surface area (Å²) in [6.07, 6.45) is 0. The Bertz CT molecular complexity index is 976. The van der Waals surface area contributed by atoms with Crippen molar-refractivity contribution in [3.8, 4) is 5.69 Å². The van der Waals surface area contributed by atoms with Crippen molar-refractivity contribution in [2.24, 2.45) is 4.99 Å². The molecular weight excluding hydrogens is 491 g/mol. The number of hydrogen-bond acceptors (Lipinski definition) is 4. The SMILES string of the molecule is CCNC(=NCc1ccccc1-n1nc(C)cc1C)NCc1cc(C(C)C)no1.I. The van der Waals surface area contributed by atoms with Crippen molar-refractivity contribution in [2.45, 2.75) is 53.6 Å². The molecule has 0 amide bonds. The summed E-state index contributed by atoms with van der Waals surface area (Å²) in [7, 11) is 0. The third-order valence-electron chi connectivity index (χ3n) is 4.58. The topological polar surface area (TPSA) is 80.3 Å². The first-order valence-corrected chi connectivity index (χ1v) is 10.1. The van der Waals surface area contributed by atoms with E-state index in [0.29, 0.717) is 19.0 Å². The van der Waals surface area contributed by atoms with Crippen LogP contribution < -0.4 is 10.6 Å². The number of para-hydroxylation sites is 1. The van der Waals surface area contributed by atoms with Gasteiger partial charge in [-0.3, -0.25) is 0 Å². The van der Waals surface area contributed by atoms with Crippen LogP contribution in [0.3, 0.4) is 0 Å². The van der Waals surface area contributed by atoms with E-state index in [4.69, 9.17) is 9.52 Å². The van der Waals surface area contributed by atoms with Gasteiger partial charge in [-0.05, 0) is 44.4 Å². The Kier molecular flexibility index (Phi) is 8.88. The number of rotatable bonds is 7. The van der Waals surface area contributed by atoms with Crippen LogP contribution in [-0.2, 0) is 13.1 Å². The minimum Gasteiger partial charge on any atom is -0.359 e. The van der Waals surface area contributed by atoms with E-state index < -0.39 is 0 Å². The number of hydrogen-bond donors (Lipinski definition) is 2. The monoisotopic (exact) mass is 522 g/mol. The van der Waals surface area contributed by atoms with Gasteiger partial charge in [0.2, 0.25) is 0 Å². The average molecular weight is 522 g/mol. The zero-order valence-corrected chi connectivity index (χ0v) is 20.6. The predicted octanol–water partition coefficient (Wildman–Crippen LogP) is 4.47. The normalized spacial score (nSPS) is 11.5. The highest BCUT2D eigenvalue weighted by Gasteiger charge is 2.10. The molecule has 0 bridgehead atoms. The number of nitrogens with zero attached hydrogens (tertiary/aromatic N) is 4. The van der Waals surface area contributed by atoms with Crippen LogP contribution in [-0.4, -0.2) is 27.4 Å². The smallest absolute Gasteiger partial charge is 0.191 e. The summed E-state index contributed by atoms with van der Waals surface area (Å²) in [5.41, 5.74) is 5.23. The predicted molar refractivity (Wildman–Crippen MR) is 131 cm³/mol. The second-order valence-corrected chi connectivity index (χ2v) is 7.39. The second-order valence-electron chi connectivity index (χ2n) is 7.39. The second kappa shape index (κ2) is 11.1. The quantitative estimate of drug-likeness (QED) is 0.272. The number of aromatic nitrogens is 3. The van der Waals surface area contributed by atoms with E-state index in [1.807, 2.05) is 36.7 Å². The lowest BCUT2D eigenvalue weighted by molar-refractivity contribution is 0.372. The van der Waals surface area contributed by atoms with Crippen molar-refractivity contribution >= 4 is 29.9 Å². The Labute approximate surface area is 195 Å². The van der Waals surface area contributed by atoms with Gasteiger partial charge in [0.1, 0.15) is 0 Å².